The van der Waals surface area contributed by atoms with E-state index in [0.717, 1.165) is 22.5 Å². The number of carboxylic acid groups (broad SMARTS) is 1. The molecule has 0 aliphatic heterocycles. The van der Waals surface area contributed by atoms with Crippen LogP contribution < -0.4 is 11.1 Å². The predicted octanol–water partition coefficient (Wildman–Crippen LogP) is 7.39. The molecule has 14 heteroatoms. The van der Waals surface area contributed by atoms with Crippen LogP contribution in [-0.2, 0) is 17.8 Å². The number of rotatable bonds is 8. The smallest absolute Gasteiger partial charge is 0.341 e. The van der Waals surface area contributed by atoms with Gasteiger partial charge in [0, 0.05) is 59.7 Å². The summed E-state index contributed by atoms with van der Waals surface area (Å²) in [7, 11) is 1.26. The lowest BCUT2D eigenvalue weighted by Gasteiger charge is -2.12. The monoisotopic (exact) mass is 792 g/mol. The van der Waals surface area contributed by atoms with Gasteiger partial charge in [-0.25, -0.2) is 18.4 Å². The Balaban J connectivity index is 0.000000179. The summed E-state index contributed by atoms with van der Waals surface area (Å²) < 4.78 is 36.9. The van der Waals surface area contributed by atoms with Crippen LogP contribution in [0.3, 0.4) is 0 Å². The second kappa shape index (κ2) is 16.8. The van der Waals surface area contributed by atoms with Crippen molar-refractivity contribution in [1.29, 1.82) is 0 Å². The fourth-order valence-corrected chi connectivity index (χ4v) is 6.62. The SMILES string of the molecule is COC(=O)c1cn(Cc2ccc(-c3ccnc(C)c3)cc2F)c(=O)c2cccnc12.Cc1cc(-c2ccc(Cn3cc(C(=O)O)c4ncccc4c3=O)c(F)c2)ccn1. The molecule has 6 aromatic heterocycles. The van der Waals surface area contributed by atoms with Crippen LogP contribution in [0.4, 0.5) is 8.78 Å². The van der Waals surface area contributed by atoms with Gasteiger partial charge in [-0.15, -0.1) is 0 Å². The van der Waals surface area contributed by atoms with Gasteiger partial charge in [0.05, 0.1) is 42.0 Å². The molecule has 0 radical (unpaired) electrons. The minimum absolute atomic E-state index is 0.0326. The van der Waals surface area contributed by atoms with Crippen molar-refractivity contribution in [3.05, 3.63) is 188 Å². The van der Waals surface area contributed by atoms with E-state index in [2.05, 4.69) is 19.9 Å². The van der Waals surface area contributed by atoms with Gasteiger partial charge in [0.25, 0.3) is 11.1 Å². The number of halogens is 2. The number of esters is 1. The summed E-state index contributed by atoms with van der Waals surface area (Å²) in [6.45, 7) is 3.60. The molecule has 59 heavy (non-hydrogen) atoms. The van der Waals surface area contributed by atoms with Gasteiger partial charge in [0.15, 0.2) is 0 Å². The second-order valence-corrected chi connectivity index (χ2v) is 13.5. The Morgan fingerprint density at radius 1 is 0.610 bits per heavy atom. The molecule has 0 saturated carbocycles. The van der Waals surface area contributed by atoms with Crippen molar-refractivity contribution in [3.8, 4) is 22.3 Å². The average molecular weight is 793 g/mol. The van der Waals surface area contributed by atoms with E-state index in [4.69, 9.17) is 4.74 Å². The van der Waals surface area contributed by atoms with Gasteiger partial charge in [-0.1, -0.05) is 24.3 Å². The number of aromatic carboxylic acids is 1. The maximum Gasteiger partial charge on any atom is 0.341 e. The van der Waals surface area contributed by atoms with Crippen molar-refractivity contribution in [2.24, 2.45) is 0 Å². The molecule has 6 heterocycles. The third-order valence-electron chi connectivity index (χ3n) is 9.56. The first-order chi connectivity index (χ1) is 28.4. The van der Waals surface area contributed by atoms with Crippen LogP contribution in [0.25, 0.3) is 44.1 Å². The fraction of sp³-hybridized carbons (Fsp3) is 0.111. The van der Waals surface area contributed by atoms with Crippen molar-refractivity contribution in [1.82, 2.24) is 29.1 Å². The minimum Gasteiger partial charge on any atom is -0.478 e. The first-order valence-electron chi connectivity index (χ1n) is 18.1. The van der Waals surface area contributed by atoms with E-state index in [0.29, 0.717) is 16.7 Å². The molecule has 1 N–H and O–H groups in total. The number of carbonyl (C=O) groups excluding carboxylic acids is 1. The summed E-state index contributed by atoms with van der Waals surface area (Å²) >= 11 is 0. The molecular formula is C45H34F2N6O6. The summed E-state index contributed by atoms with van der Waals surface area (Å²) in [5.41, 5.74) is 5.00. The Bertz CT molecular complexity index is 3060. The number of aromatic nitrogens is 6. The summed E-state index contributed by atoms with van der Waals surface area (Å²) in [4.78, 5) is 65.8. The molecule has 12 nitrogen and oxygen atoms in total. The van der Waals surface area contributed by atoms with E-state index in [1.165, 1.54) is 59.2 Å². The maximum atomic E-state index is 14.9. The van der Waals surface area contributed by atoms with Crippen molar-refractivity contribution in [2.45, 2.75) is 26.9 Å². The van der Waals surface area contributed by atoms with Gasteiger partial charge in [0.2, 0.25) is 0 Å². The summed E-state index contributed by atoms with van der Waals surface area (Å²) in [5.74, 6) is -2.74. The van der Waals surface area contributed by atoms with Crippen molar-refractivity contribution in [2.75, 3.05) is 7.11 Å². The molecule has 8 rings (SSSR count). The zero-order chi connectivity index (χ0) is 41.8. The van der Waals surface area contributed by atoms with Crippen LogP contribution >= 0.6 is 0 Å². The van der Waals surface area contributed by atoms with Gasteiger partial charge in [-0.3, -0.25) is 29.5 Å². The molecule has 0 spiro atoms. The number of pyridine rings is 6. The van der Waals surface area contributed by atoms with Crippen LogP contribution in [0.1, 0.15) is 43.2 Å². The van der Waals surface area contributed by atoms with E-state index in [9.17, 15) is 33.1 Å². The number of methoxy groups -OCH3 is 1. The normalized spacial score (nSPS) is 10.9. The van der Waals surface area contributed by atoms with Gasteiger partial charge >= 0.3 is 11.9 Å². The van der Waals surface area contributed by atoms with Gasteiger partial charge in [-0.2, -0.15) is 0 Å². The van der Waals surface area contributed by atoms with Crippen LogP contribution in [0, 0.1) is 25.5 Å². The molecule has 0 amide bonds. The van der Waals surface area contributed by atoms with Gasteiger partial charge in [-0.05, 0) is 96.8 Å². The summed E-state index contributed by atoms with van der Waals surface area (Å²) in [5, 5.41) is 9.91. The molecule has 0 saturated heterocycles. The summed E-state index contributed by atoms with van der Waals surface area (Å²) in [6, 6.07) is 23.2. The van der Waals surface area contributed by atoms with Gasteiger partial charge < -0.3 is 19.0 Å². The quantitative estimate of drug-likeness (QED) is 0.154. The highest BCUT2D eigenvalue weighted by Crippen LogP contribution is 2.25. The second-order valence-electron chi connectivity index (χ2n) is 13.5. The van der Waals surface area contributed by atoms with Crippen molar-refractivity contribution < 1.29 is 28.2 Å². The summed E-state index contributed by atoms with van der Waals surface area (Å²) in [6.07, 6.45) is 8.83. The molecular weight excluding hydrogens is 759 g/mol. The van der Waals surface area contributed by atoms with E-state index in [1.54, 1.807) is 60.9 Å². The van der Waals surface area contributed by atoms with Crippen LogP contribution in [0.15, 0.2) is 132 Å². The first kappa shape index (κ1) is 39.5. The number of carbonyl (C=O) groups is 2. The predicted molar refractivity (Wildman–Crippen MR) is 217 cm³/mol. The molecule has 8 aromatic rings. The van der Waals surface area contributed by atoms with E-state index >= 15 is 0 Å². The Morgan fingerprint density at radius 2 is 1.05 bits per heavy atom. The highest BCUT2D eigenvalue weighted by molar-refractivity contribution is 6.02. The van der Waals surface area contributed by atoms with Crippen LogP contribution in [-0.4, -0.2) is 53.2 Å². The van der Waals surface area contributed by atoms with Gasteiger partial charge in [0.1, 0.15) is 22.8 Å². The average Bonchev–Trinajstić information content (AvgIpc) is 3.24. The van der Waals surface area contributed by atoms with Crippen molar-refractivity contribution >= 4 is 33.7 Å². The lowest BCUT2D eigenvalue weighted by molar-refractivity contribution is 0.0600. The highest BCUT2D eigenvalue weighted by Gasteiger charge is 2.19. The Morgan fingerprint density at radius 3 is 1.47 bits per heavy atom. The number of aryl methyl sites for hydroxylation is 2. The molecule has 0 aliphatic carbocycles. The lowest BCUT2D eigenvalue weighted by atomic mass is 10.0. The Hall–Kier alpha value is -7.74. The Labute approximate surface area is 334 Å². The third kappa shape index (κ3) is 8.37. The standard InChI is InChI=1S/C23H18FN3O3.C22H16FN3O3/c1-14-10-16(7-9-25-14)15-5-6-17(20(24)11-15)12-27-13-19(23(29)30-2)21-18(22(27)28)4-3-8-26-21;1-13-9-15(6-8-24-13)14-4-5-16(19(23)10-14)11-26-12-18(22(28)29)20-17(21(26)27)3-2-7-25-20/h3-11,13H,12H2,1-2H3;2-10,12H,11H2,1H3,(H,28,29). The van der Waals surface area contributed by atoms with Crippen LogP contribution in [0.2, 0.25) is 0 Å². The number of hydrogen-bond acceptors (Lipinski definition) is 9. The van der Waals surface area contributed by atoms with E-state index in [1.807, 2.05) is 32.0 Å². The fourth-order valence-electron chi connectivity index (χ4n) is 6.62. The highest BCUT2D eigenvalue weighted by atomic mass is 19.1. The zero-order valence-electron chi connectivity index (χ0n) is 31.9. The molecule has 0 aliphatic rings. The maximum absolute atomic E-state index is 14.9. The molecule has 294 valence electrons. The Kier molecular flexibility index (Phi) is 11.2. The largest absolute Gasteiger partial charge is 0.478 e. The molecule has 0 fully saturated rings. The van der Waals surface area contributed by atoms with E-state index < -0.39 is 29.1 Å². The third-order valence-corrected chi connectivity index (χ3v) is 9.56. The van der Waals surface area contributed by atoms with E-state index in [-0.39, 0.29) is 57.1 Å². The number of nitrogens with zero attached hydrogens (tertiary/aromatic N) is 6. The molecule has 0 atom stereocenters. The molecule has 2 aromatic carbocycles. The van der Waals surface area contributed by atoms with Crippen molar-refractivity contribution in [3.63, 3.8) is 0 Å². The molecule has 0 unspecified atom stereocenters. The lowest BCUT2D eigenvalue weighted by Crippen LogP contribution is -2.23. The zero-order valence-corrected chi connectivity index (χ0v) is 31.9. The first-order valence-corrected chi connectivity index (χ1v) is 18.1. The minimum atomic E-state index is -1.20. The number of fused-ring (bicyclic) bond motifs is 2. The number of benzene rings is 2. The number of carboxylic acids is 1. The number of ether oxygens (including phenoxy) is 1. The molecule has 0 bridgehead atoms. The van der Waals surface area contributed by atoms with Crippen LogP contribution in [0.5, 0.6) is 0 Å². The topological polar surface area (TPSA) is 159 Å². The number of hydrogen-bond donors (Lipinski definition) is 1.